The van der Waals surface area contributed by atoms with Crippen LogP contribution in [0.2, 0.25) is 5.02 Å². The summed E-state index contributed by atoms with van der Waals surface area (Å²) < 4.78 is 5.00. The van der Waals surface area contributed by atoms with E-state index in [2.05, 4.69) is 5.32 Å². The summed E-state index contributed by atoms with van der Waals surface area (Å²) in [5.74, 6) is -1.77. The number of rotatable bonds is 3. The van der Waals surface area contributed by atoms with Crippen molar-refractivity contribution in [3.63, 3.8) is 0 Å². The molecule has 7 heteroatoms. The van der Waals surface area contributed by atoms with E-state index in [-0.39, 0.29) is 11.9 Å². The monoisotopic (exact) mass is 366 g/mol. The number of piperidine rings is 1. The Kier molecular flexibility index (Phi) is 6.42. The molecule has 1 aliphatic rings. The highest BCUT2D eigenvalue weighted by Gasteiger charge is 2.31. The third kappa shape index (κ3) is 4.72. The first kappa shape index (κ1) is 19.2. The minimum atomic E-state index is -0.719. The second-order valence-corrected chi connectivity index (χ2v) is 6.62. The van der Waals surface area contributed by atoms with E-state index in [9.17, 15) is 14.4 Å². The van der Waals surface area contributed by atoms with E-state index in [0.717, 1.165) is 11.1 Å². The van der Waals surface area contributed by atoms with Gasteiger partial charge in [0, 0.05) is 13.1 Å². The van der Waals surface area contributed by atoms with Crippen molar-refractivity contribution < 1.29 is 19.1 Å². The zero-order valence-electron chi connectivity index (χ0n) is 14.7. The maximum absolute atomic E-state index is 12.3. The third-order valence-corrected chi connectivity index (χ3v) is 4.56. The molecular weight excluding hydrogens is 344 g/mol. The van der Waals surface area contributed by atoms with Gasteiger partial charge in [0.25, 0.3) is 0 Å². The van der Waals surface area contributed by atoms with Crippen LogP contribution in [0.1, 0.15) is 30.9 Å². The summed E-state index contributed by atoms with van der Waals surface area (Å²) in [6.45, 7) is 6.55. The minimum absolute atomic E-state index is 0.208. The van der Waals surface area contributed by atoms with Gasteiger partial charge < -0.3 is 15.0 Å². The van der Waals surface area contributed by atoms with Gasteiger partial charge in [-0.2, -0.15) is 0 Å². The SMILES string of the molecule is CCOC(=O)C1CCN(C(=O)C(=O)Nc2c(C)cc(C)cc2Cl)CC1. The van der Waals surface area contributed by atoms with E-state index in [1.807, 2.05) is 19.9 Å². The zero-order chi connectivity index (χ0) is 18.6. The van der Waals surface area contributed by atoms with E-state index in [1.165, 1.54) is 4.90 Å². The van der Waals surface area contributed by atoms with E-state index in [4.69, 9.17) is 16.3 Å². The third-order valence-electron chi connectivity index (χ3n) is 4.27. The van der Waals surface area contributed by atoms with Gasteiger partial charge in [-0.1, -0.05) is 17.7 Å². The molecule has 1 saturated heterocycles. The Morgan fingerprint density at radius 1 is 1.24 bits per heavy atom. The standard InChI is InChI=1S/C18H23ClN2O4/c1-4-25-18(24)13-5-7-21(8-6-13)17(23)16(22)20-15-12(3)9-11(2)10-14(15)19/h9-10,13H,4-8H2,1-3H3,(H,20,22). The van der Waals surface area contributed by atoms with Gasteiger partial charge in [-0.15, -0.1) is 0 Å². The van der Waals surface area contributed by atoms with Crippen LogP contribution in [-0.4, -0.2) is 42.4 Å². The number of nitrogens with one attached hydrogen (secondary N) is 1. The molecule has 0 atom stereocenters. The maximum Gasteiger partial charge on any atom is 0.313 e. The number of hydrogen-bond acceptors (Lipinski definition) is 4. The highest BCUT2D eigenvalue weighted by molar-refractivity contribution is 6.41. The Morgan fingerprint density at radius 2 is 1.88 bits per heavy atom. The molecule has 6 nitrogen and oxygen atoms in total. The zero-order valence-corrected chi connectivity index (χ0v) is 15.5. The number of carbonyl (C=O) groups is 3. The molecule has 1 aromatic carbocycles. The molecule has 0 bridgehead atoms. The van der Waals surface area contributed by atoms with Crippen LogP contribution in [0, 0.1) is 19.8 Å². The minimum Gasteiger partial charge on any atom is -0.466 e. The molecule has 0 unspecified atom stereocenters. The molecule has 2 rings (SSSR count). The lowest BCUT2D eigenvalue weighted by molar-refractivity contribution is -0.152. The first-order valence-corrected chi connectivity index (χ1v) is 8.75. The number of nitrogens with zero attached hydrogens (tertiary/aromatic N) is 1. The number of halogens is 1. The number of amides is 2. The van der Waals surface area contributed by atoms with Gasteiger partial charge in [-0.3, -0.25) is 14.4 Å². The van der Waals surface area contributed by atoms with Crippen LogP contribution in [0.5, 0.6) is 0 Å². The molecule has 1 aliphatic heterocycles. The van der Waals surface area contributed by atoms with Crippen molar-refractivity contribution in [3.05, 3.63) is 28.3 Å². The number of likely N-dealkylation sites (tertiary alicyclic amines) is 1. The van der Waals surface area contributed by atoms with Crippen LogP contribution >= 0.6 is 11.6 Å². The molecule has 1 fully saturated rings. The van der Waals surface area contributed by atoms with Gasteiger partial charge in [0.15, 0.2) is 0 Å². The lowest BCUT2D eigenvalue weighted by Crippen LogP contribution is -2.45. The van der Waals surface area contributed by atoms with Gasteiger partial charge in [-0.25, -0.2) is 0 Å². The Bertz CT molecular complexity index is 659. The van der Waals surface area contributed by atoms with Crippen LogP contribution in [0.15, 0.2) is 12.1 Å². The number of benzene rings is 1. The number of aryl methyl sites for hydroxylation is 2. The molecule has 136 valence electrons. The highest BCUT2D eigenvalue weighted by Crippen LogP contribution is 2.27. The van der Waals surface area contributed by atoms with Gasteiger partial charge >= 0.3 is 17.8 Å². The molecule has 0 spiro atoms. The van der Waals surface area contributed by atoms with E-state index in [0.29, 0.717) is 43.2 Å². The summed E-state index contributed by atoms with van der Waals surface area (Å²) in [4.78, 5) is 37.8. The molecule has 2 amide bonds. The molecule has 1 aromatic rings. The van der Waals surface area contributed by atoms with Gasteiger partial charge in [0.2, 0.25) is 0 Å². The molecule has 1 N–H and O–H groups in total. The van der Waals surface area contributed by atoms with Crippen molar-refractivity contribution in [1.29, 1.82) is 0 Å². The normalized spacial score (nSPS) is 15.0. The van der Waals surface area contributed by atoms with Crippen molar-refractivity contribution >= 4 is 35.1 Å². The summed E-state index contributed by atoms with van der Waals surface area (Å²) in [6.07, 6.45) is 1.00. The van der Waals surface area contributed by atoms with E-state index in [1.54, 1.807) is 13.0 Å². The van der Waals surface area contributed by atoms with Crippen LogP contribution in [0.4, 0.5) is 5.69 Å². The van der Waals surface area contributed by atoms with Crippen LogP contribution in [0.3, 0.4) is 0 Å². The van der Waals surface area contributed by atoms with Crippen molar-refractivity contribution in [1.82, 2.24) is 4.90 Å². The molecule has 25 heavy (non-hydrogen) atoms. The topological polar surface area (TPSA) is 75.7 Å². The molecular formula is C18H23ClN2O4. The number of carbonyl (C=O) groups excluding carboxylic acids is 3. The molecule has 0 saturated carbocycles. The second kappa shape index (κ2) is 8.34. The Hall–Kier alpha value is -2.08. The van der Waals surface area contributed by atoms with Gasteiger partial charge in [0.05, 0.1) is 23.2 Å². The maximum atomic E-state index is 12.3. The average Bonchev–Trinajstić information content (AvgIpc) is 2.57. The predicted octanol–water partition coefficient (Wildman–Crippen LogP) is 2.70. The fourth-order valence-electron chi connectivity index (χ4n) is 2.96. The number of hydrogen-bond donors (Lipinski definition) is 1. The first-order chi connectivity index (χ1) is 11.8. The average molecular weight is 367 g/mol. The van der Waals surface area contributed by atoms with Crippen LogP contribution in [0.25, 0.3) is 0 Å². The lowest BCUT2D eigenvalue weighted by atomic mass is 9.97. The fourth-order valence-corrected chi connectivity index (χ4v) is 3.33. The first-order valence-electron chi connectivity index (χ1n) is 8.37. The van der Waals surface area contributed by atoms with Gasteiger partial charge in [0.1, 0.15) is 0 Å². The molecule has 1 heterocycles. The quantitative estimate of drug-likeness (QED) is 0.659. The van der Waals surface area contributed by atoms with Gasteiger partial charge in [-0.05, 0) is 50.8 Å². The summed E-state index contributed by atoms with van der Waals surface area (Å²) in [6, 6.07) is 3.62. The van der Waals surface area contributed by atoms with Crippen molar-refractivity contribution in [2.45, 2.75) is 33.6 Å². The number of ether oxygens (including phenoxy) is 1. The predicted molar refractivity (Wildman–Crippen MR) is 95.5 cm³/mol. The van der Waals surface area contributed by atoms with Crippen LogP contribution < -0.4 is 5.32 Å². The van der Waals surface area contributed by atoms with E-state index < -0.39 is 11.8 Å². The van der Waals surface area contributed by atoms with Crippen molar-refractivity contribution in [3.8, 4) is 0 Å². The smallest absolute Gasteiger partial charge is 0.313 e. The summed E-state index contributed by atoms with van der Waals surface area (Å²) in [7, 11) is 0. The highest BCUT2D eigenvalue weighted by atomic mass is 35.5. The van der Waals surface area contributed by atoms with Crippen molar-refractivity contribution in [2.75, 3.05) is 25.0 Å². The Balaban J connectivity index is 1.96. The molecule has 0 aliphatic carbocycles. The number of anilines is 1. The van der Waals surface area contributed by atoms with Crippen molar-refractivity contribution in [2.24, 2.45) is 5.92 Å². The van der Waals surface area contributed by atoms with E-state index >= 15 is 0 Å². The summed E-state index contributed by atoms with van der Waals surface area (Å²) in [5.41, 5.74) is 2.23. The Morgan fingerprint density at radius 3 is 2.44 bits per heavy atom. The Labute approximate surface area is 152 Å². The summed E-state index contributed by atoms with van der Waals surface area (Å²) >= 11 is 6.16. The fraction of sp³-hybridized carbons (Fsp3) is 0.500. The molecule has 0 aromatic heterocycles. The second-order valence-electron chi connectivity index (χ2n) is 6.21. The lowest BCUT2D eigenvalue weighted by Gasteiger charge is -2.30. The summed E-state index contributed by atoms with van der Waals surface area (Å²) in [5, 5.41) is 3.01. The molecule has 0 radical (unpaired) electrons. The largest absolute Gasteiger partial charge is 0.466 e. The van der Waals surface area contributed by atoms with Crippen LogP contribution in [-0.2, 0) is 19.1 Å². The number of esters is 1.